The van der Waals surface area contributed by atoms with E-state index in [2.05, 4.69) is 0 Å². The second-order valence-electron chi connectivity index (χ2n) is 10.0. The molecule has 5 rings (SSSR count). The lowest BCUT2D eigenvalue weighted by molar-refractivity contribution is -0.273. The Bertz CT molecular complexity index is 1150. The van der Waals surface area contributed by atoms with Gasteiger partial charge in [0, 0.05) is 0 Å². The van der Waals surface area contributed by atoms with Crippen LogP contribution in [-0.2, 0) is 45.4 Å². The summed E-state index contributed by atoms with van der Waals surface area (Å²) in [4.78, 5) is 0. The number of benzene rings is 4. The molecule has 0 bridgehead atoms. The topological polar surface area (TPSA) is 77.4 Å². The summed E-state index contributed by atoms with van der Waals surface area (Å²) in [6.07, 6.45) is -5.63. The van der Waals surface area contributed by atoms with Crippen LogP contribution in [0.2, 0.25) is 0 Å². The summed E-state index contributed by atoms with van der Waals surface area (Å²) < 4.78 is 25.5. The molecule has 1 aliphatic carbocycles. The number of rotatable bonds is 12. The number of ether oxygens (including phenoxy) is 4. The highest BCUT2D eigenvalue weighted by molar-refractivity contribution is 5.17. The lowest BCUT2D eigenvalue weighted by atomic mass is 9.84. The molecule has 1 fully saturated rings. The van der Waals surface area contributed by atoms with Gasteiger partial charge < -0.3 is 29.2 Å². The molecule has 0 aliphatic heterocycles. The maximum atomic E-state index is 11.4. The predicted molar refractivity (Wildman–Crippen MR) is 152 cm³/mol. The summed E-state index contributed by atoms with van der Waals surface area (Å²) in [7, 11) is 0. The average molecular weight is 541 g/mol. The lowest BCUT2D eigenvalue weighted by Crippen LogP contribution is -2.66. The molecule has 6 heteroatoms. The van der Waals surface area contributed by atoms with E-state index in [1.54, 1.807) is 0 Å². The van der Waals surface area contributed by atoms with Crippen LogP contribution in [0.25, 0.3) is 0 Å². The molecule has 4 aromatic carbocycles. The molecule has 1 saturated carbocycles. The summed E-state index contributed by atoms with van der Waals surface area (Å²) in [5.41, 5.74) is 3.87. The van der Waals surface area contributed by atoms with E-state index in [-0.39, 0.29) is 26.4 Å². The Hall–Kier alpha value is -3.36. The summed E-state index contributed by atoms with van der Waals surface area (Å²) in [5.74, 6) is 0. The van der Waals surface area contributed by atoms with Crippen molar-refractivity contribution in [2.75, 3.05) is 0 Å². The zero-order valence-corrected chi connectivity index (χ0v) is 22.4. The van der Waals surface area contributed by atoms with E-state index in [1.807, 2.05) is 121 Å². The van der Waals surface area contributed by atoms with Crippen molar-refractivity contribution in [1.82, 2.24) is 0 Å². The van der Waals surface area contributed by atoms with Crippen molar-refractivity contribution in [3.63, 3.8) is 0 Å². The molecule has 1 aliphatic rings. The summed E-state index contributed by atoms with van der Waals surface area (Å²) in [6, 6.07) is 39.1. The van der Waals surface area contributed by atoms with Gasteiger partial charge in [-0.3, -0.25) is 0 Å². The maximum Gasteiger partial charge on any atom is 0.116 e. The highest BCUT2D eigenvalue weighted by Gasteiger charge is 2.52. The van der Waals surface area contributed by atoms with E-state index >= 15 is 0 Å². The van der Waals surface area contributed by atoms with Crippen LogP contribution < -0.4 is 0 Å². The minimum Gasteiger partial charge on any atom is -0.387 e. The molecule has 0 amide bonds. The normalized spacial score (nSPS) is 24.6. The third kappa shape index (κ3) is 7.43. The Balaban J connectivity index is 1.42. The first-order valence-corrected chi connectivity index (χ1v) is 13.7. The largest absolute Gasteiger partial charge is 0.387 e. The Morgan fingerprint density at radius 2 is 0.575 bits per heavy atom. The minimum atomic E-state index is -1.25. The molecular formula is C34H36O6. The van der Waals surface area contributed by atoms with Crippen LogP contribution in [0.15, 0.2) is 121 Å². The van der Waals surface area contributed by atoms with Crippen molar-refractivity contribution in [1.29, 1.82) is 0 Å². The van der Waals surface area contributed by atoms with Crippen LogP contribution in [0, 0.1) is 0 Å². The van der Waals surface area contributed by atoms with Crippen molar-refractivity contribution >= 4 is 0 Å². The highest BCUT2D eigenvalue weighted by Crippen LogP contribution is 2.32. The fraction of sp³-hybridized carbons (Fsp3) is 0.294. The molecule has 4 aromatic rings. The second-order valence-corrected chi connectivity index (χ2v) is 10.0. The molecule has 0 unspecified atom stereocenters. The summed E-state index contributed by atoms with van der Waals surface area (Å²) in [6.45, 7) is 1.08. The molecule has 0 spiro atoms. The zero-order chi connectivity index (χ0) is 27.6. The van der Waals surface area contributed by atoms with Crippen LogP contribution in [0.4, 0.5) is 0 Å². The fourth-order valence-electron chi connectivity index (χ4n) is 4.98. The average Bonchev–Trinajstić information content (AvgIpc) is 3.01. The van der Waals surface area contributed by atoms with Gasteiger partial charge in [0.05, 0.1) is 26.4 Å². The molecule has 2 N–H and O–H groups in total. The number of aliphatic hydroxyl groups is 2. The highest BCUT2D eigenvalue weighted by atomic mass is 16.6. The van der Waals surface area contributed by atoms with Crippen molar-refractivity contribution < 1.29 is 29.2 Å². The van der Waals surface area contributed by atoms with Crippen LogP contribution in [-0.4, -0.2) is 46.8 Å². The molecule has 0 aromatic heterocycles. The summed E-state index contributed by atoms with van der Waals surface area (Å²) in [5, 5.41) is 22.7. The SMILES string of the molecule is O[C@@H]1[C@H](O)[C@@H](OCc2ccccc2)[C@@H](OCc2ccccc2)[C@H](OCc2ccccc2)[C@H]1OCc1ccccc1. The quantitative estimate of drug-likeness (QED) is 0.262. The van der Waals surface area contributed by atoms with Gasteiger partial charge in [0.15, 0.2) is 0 Å². The third-order valence-electron chi connectivity index (χ3n) is 7.14. The fourth-order valence-corrected chi connectivity index (χ4v) is 4.98. The predicted octanol–water partition coefficient (Wildman–Crippen LogP) is 5.06. The molecule has 208 valence electrons. The molecular weight excluding hydrogens is 504 g/mol. The van der Waals surface area contributed by atoms with E-state index in [0.717, 1.165) is 22.3 Å². The Morgan fingerprint density at radius 1 is 0.350 bits per heavy atom. The van der Waals surface area contributed by atoms with E-state index < -0.39 is 36.6 Å². The maximum absolute atomic E-state index is 11.4. The van der Waals surface area contributed by atoms with E-state index in [9.17, 15) is 10.2 Å². The smallest absolute Gasteiger partial charge is 0.116 e. The molecule has 0 heterocycles. The first kappa shape index (κ1) is 28.2. The van der Waals surface area contributed by atoms with Crippen molar-refractivity contribution in [3.8, 4) is 0 Å². The van der Waals surface area contributed by atoms with Crippen molar-refractivity contribution in [2.24, 2.45) is 0 Å². The monoisotopic (exact) mass is 540 g/mol. The molecule has 6 atom stereocenters. The first-order chi connectivity index (χ1) is 19.7. The van der Waals surface area contributed by atoms with Crippen LogP contribution >= 0.6 is 0 Å². The van der Waals surface area contributed by atoms with Gasteiger partial charge in [0.1, 0.15) is 36.6 Å². The van der Waals surface area contributed by atoms with Gasteiger partial charge in [0.25, 0.3) is 0 Å². The Labute approximate surface area is 235 Å². The van der Waals surface area contributed by atoms with Gasteiger partial charge >= 0.3 is 0 Å². The third-order valence-corrected chi connectivity index (χ3v) is 7.14. The van der Waals surface area contributed by atoms with Gasteiger partial charge in [-0.2, -0.15) is 0 Å². The standard InChI is InChI=1S/C34H36O6/c35-29-30(36)32(38-22-26-15-7-2-8-16-26)34(40-24-28-19-11-4-12-20-28)33(39-23-27-17-9-3-10-18-27)31(29)37-21-25-13-5-1-6-14-25/h1-20,29-36H,21-24H2/t29-,30+,31+,32-,33-,34-/m1/s1. The molecule has 6 nitrogen and oxygen atoms in total. The van der Waals surface area contributed by atoms with Crippen LogP contribution in [0.1, 0.15) is 22.3 Å². The molecule has 0 saturated heterocycles. The van der Waals surface area contributed by atoms with Crippen molar-refractivity contribution in [2.45, 2.75) is 63.1 Å². The van der Waals surface area contributed by atoms with Gasteiger partial charge in [-0.05, 0) is 22.3 Å². The first-order valence-electron chi connectivity index (χ1n) is 13.7. The number of hydrogen-bond donors (Lipinski definition) is 2. The molecule has 40 heavy (non-hydrogen) atoms. The lowest BCUT2D eigenvalue weighted by Gasteiger charge is -2.47. The second kappa shape index (κ2) is 14.3. The van der Waals surface area contributed by atoms with Gasteiger partial charge in [-0.25, -0.2) is 0 Å². The van der Waals surface area contributed by atoms with Gasteiger partial charge in [0.2, 0.25) is 0 Å². The van der Waals surface area contributed by atoms with E-state index in [1.165, 1.54) is 0 Å². The number of hydrogen-bond acceptors (Lipinski definition) is 6. The van der Waals surface area contributed by atoms with E-state index in [4.69, 9.17) is 18.9 Å². The Morgan fingerprint density at radius 3 is 0.825 bits per heavy atom. The number of aliphatic hydroxyl groups excluding tert-OH is 2. The van der Waals surface area contributed by atoms with Crippen molar-refractivity contribution in [3.05, 3.63) is 144 Å². The van der Waals surface area contributed by atoms with Crippen LogP contribution in [0.5, 0.6) is 0 Å². The summed E-state index contributed by atoms with van der Waals surface area (Å²) >= 11 is 0. The van der Waals surface area contributed by atoms with E-state index in [0.29, 0.717) is 0 Å². The molecule has 0 radical (unpaired) electrons. The van der Waals surface area contributed by atoms with Gasteiger partial charge in [-0.1, -0.05) is 121 Å². The minimum absolute atomic E-state index is 0.251. The zero-order valence-electron chi connectivity index (χ0n) is 22.4. The van der Waals surface area contributed by atoms with Gasteiger partial charge in [-0.15, -0.1) is 0 Å². The Kier molecular flexibility index (Phi) is 10.1. The van der Waals surface area contributed by atoms with Crippen LogP contribution in [0.3, 0.4) is 0 Å².